The number of nitrogens with zero attached hydrogens (tertiary/aromatic N) is 3. The summed E-state index contributed by atoms with van der Waals surface area (Å²) in [6.07, 6.45) is 1.60. The molecule has 0 aliphatic rings. The van der Waals surface area contributed by atoms with E-state index in [4.69, 9.17) is 10.5 Å². The lowest BCUT2D eigenvalue weighted by Crippen LogP contribution is -2.45. The van der Waals surface area contributed by atoms with E-state index in [1.54, 1.807) is 14.0 Å². The predicted molar refractivity (Wildman–Crippen MR) is 118 cm³/mol. The van der Waals surface area contributed by atoms with E-state index < -0.39 is 11.2 Å². The maximum absolute atomic E-state index is 12.9. The van der Waals surface area contributed by atoms with Crippen LogP contribution in [0.4, 0.5) is 11.5 Å². The molecule has 0 aliphatic carbocycles. The molecule has 30 heavy (non-hydrogen) atoms. The summed E-state index contributed by atoms with van der Waals surface area (Å²) in [7, 11) is 1.80. The lowest BCUT2D eigenvalue weighted by Gasteiger charge is -2.25. The van der Waals surface area contributed by atoms with Gasteiger partial charge in [0.15, 0.2) is 5.69 Å². The zero-order valence-electron chi connectivity index (χ0n) is 17.9. The number of nitrogens with two attached hydrogens (primary N) is 1. The number of aromatic nitrogens is 2. The minimum Gasteiger partial charge on any atom is -0.492 e. The Balaban J connectivity index is 2.08. The van der Waals surface area contributed by atoms with Crippen molar-refractivity contribution in [1.29, 1.82) is 0 Å². The summed E-state index contributed by atoms with van der Waals surface area (Å²) in [5.41, 5.74) is 4.93. The molecule has 164 valence electrons. The minimum absolute atomic E-state index is 0.0162. The molecular formula is C21H31N5O4. The van der Waals surface area contributed by atoms with Gasteiger partial charge in [0.1, 0.15) is 18.2 Å². The number of rotatable bonds is 11. The zero-order valence-corrected chi connectivity index (χ0v) is 17.9. The van der Waals surface area contributed by atoms with Gasteiger partial charge in [-0.2, -0.15) is 0 Å². The first kappa shape index (κ1) is 23.2. The molecule has 0 atom stereocenters. The first-order chi connectivity index (χ1) is 14.4. The molecule has 0 bridgehead atoms. The fourth-order valence-electron chi connectivity index (χ4n) is 3.07. The van der Waals surface area contributed by atoms with Crippen LogP contribution in [0.3, 0.4) is 0 Å². The number of H-pyrrole nitrogens is 1. The highest BCUT2D eigenvalue weighted by molar-refractivity contribution is 5.96. The van der Waals surface area contributed by atoms with Crippen LogP contribution in [0.5, 0.6) is 5.75 Å². The normalized spacial score (nSPS) is 10.9. The summed E-state index contributed by atoms with van der Waals surface area (Å²) in [6, 6.07) is 9.43. The Morgan fingerprint density at radius 3 is 2.53 bits per heavy atom. The Morgan fingerprint density at radius 1 is 1.20 bits per heavy atom. The minimum atomic E-state index is -0.657. The molecule has 0 saturated heterocycles. The van der Waals surface area contributed by atoms with Crippen LogP contribution >= 0.6 is 0 Å². The smallest absolute Gasteiger partial charge is 0.330 e. The van der Waals surface area contributed by atoms with E-state index in [1.165, 1.54) is 9.47 Å². The van der Waals surface area contributed by atoms with Crippen LogP contribution in [0.15, 0.2) is 39.9 Å². The number of anilines is 2. The Kier molecular flexibility index (Phi) is 8.67. The summed E-state index contributed by atoms with van der Waals surface area (Å²) in [4.78, 5) is 42.8. The maximum atomic E-state index is 12.9. The number of unbranched alkanes of at least 4 members (excludes halogenated alkanes) is 1. The molecule has 0 fully saturated rings. The molecular weight excluding hydrogens is 386 g/mol. The Hall–Kier alpha value is -3.07. The second-order valence-corrected chi connectivity index (χ2v) is 7.04. The number of amides is 1. The fourth-order valence-corrected chi connectivity index (χ4v) is 3.07. The lowest BCUT2D eigenvalue weighted by molar-refractivity contribution is -0.119. The number of ether oxygens (including phenoxy) is 1. The molecule has 3 N–H and O–H groups in total. The number of aromatic amines is 1. The van der Waals surface area contributed by atoms with Crippen molar-refractivity contribution in [2.24, 2.45) is 0 Å². The summed E-state index contributed by atoms with van der Waals surface area (Å²) in [5.74, 6) is 0.501. The lowest BCUT2D eigenvalue weighted by atomic mass is 10.3. The van der Waals surface area contributed by atoms with Crippen LogP contribution in [-0.2, 0) is 11.3 Å². The van der Waals surface area contributed by atoms with E-state index >= 15 is 0 Å². The topological polar surface area (TPSA) is 114 Å². The van der Waals surface area contributed by atoms with Crippen molar-refractivity contribution in [2.75, 3.05) is 43.9 Å². The van der Waals surface area contributed by atoms with Gasteiger partial charge in [0, 0.05) is 19.6 Å². The number of carbonyl (C=O) groups is 1. The van der Waals surface area contributed by atoms with E-state index in [1.807, 2.05) is 42.2 Å². The highest BCUT2D eigenvalue weighted by Crippen LogP contribution is 2.17. The van der Waals surface area contributed by atoms with Crippen molar-refractivity contribution in [3.63, 3.8) is 0 Å². The molecule has 0 unspecified atom stereocenters. The van der Waals surface area contributed by atoms with Crippen molar-refractivity contribution in [3.8, 4) is 5.75 Å². The van der Waals surface area contributed by atoms with Crippen molar-refractivity contribution < 1.29 is 9.53 Å². The third kappa shape index (κ3) is 5.96. The second kappa shape index (κ2) is 11.2. The summed E-state index contributed by atoms with van der Waals surface area (Å²) in [5, 5.41) is 0. The molecule has 2 aromatic rings. The van der Waals surface area contributed by atoms with Crippen LogP contribution in [0.2, 0.25) is 0 Å². The van der Waals surface area contributed by atoms with Crippen LogP contribution in [0.25, 0.3) is 0 Å². The van der Waals surface area contributed by atoms with Crippen LogP contribution in [-0.4, -0.2) is 53.6 Å². The first-order valence-electron chi connectivity index (χ1n) is 10.2. The molecule has 1 amide bonds. The summed E-state index contributed by atoms with van der Waals surface area (Å²) in [6.45, 7) is 5.42. The molecule has 9 nitrogen and oxygen atoms in total. The van der Waals surface area contributed by atoms with Crippen LogP contribution < -0.4 is 26.6 Å². The van der Waals surface area contributed by atoms with Gasteiger partial charge >= 0.3 is 5.69 Å². The van der Waals surface area contributed by atoms with Crippen LogP contribution in [0, 0.1) is 0 Å². The molecule has 0 radical (unpaired) electrons. The van der Waals surface area contributed by atoms with E-state index in [-0.39, 0.29) is 30.5 Å². The van der Waals surface area contributed by atoms with Crippen molar-refractivity contribution in [3.05, 3.63) is 51.2 Å². The number of hydrogen-bond acceptors (Lipinski definition) is 6. The average molecular weight is 418 g/mol. The number of nitrogens with one attached hydrogen (secondary N) is 1. The summed E-state index contributed by atoms with van der Waals surface area (Å²) >= 11 is 0. The van der Waals surface area contributed by atoms with Gasteiger partial charge in [-0.3, -0.25) is 24.0 Å². The number of carbonyl (C=O) groups excluding carboxylic acids is 1. The first-order valence-corrected chi connectivity index (χ1v) is 10.2. The molecule has 1 aromatic heterocycles. The van der Waals surface area contributed by atoms with E-state index in [9.17, 15) is 14.4 Å². The Bertz CT molecular complexity index is 939. The highest BCUT2D eigenvalue weighted by Gasteiger charge is 2.23. The Labute approximate surface area is 176 Å². The van der Waals surface area contributed by atoms with Gasteiger partial charge < -0.3 is 15.4 Å². The molecule has 0 saturated carbocycles. The predicted octanol–water partition coefficient (Wildman–Crippen LogP) is 1.28. The van der Waals surface area contributed by atoms with Crippen LogP contribution in [0.1, 0.15) is 26.7 Å². The fraction of sp³-hybridized carbons (Fsp3) is 0.476. The third-order valence-electron chi connectivity index (χ3n) is 4.73. The molecule has 0 aliphatic heterocycles. The highest BCUT2D eigenvalue weighted by atomic mass is 16.5. The number of para-hydroxylation sites is 1. The molecule has 2 rings (SSSR count). The van der Waals surface area contributed by atoms with Crippen molar-refractivity contribution >= 4 is 17.4 Å². The largest absolute Gasteiger partial charge is 0.492 e. The molecule has 1 heterocycles. The quantitative estimate of drug-likeness (QED) is 0.569. The van der Waals surface area contributed by atoms with Gasteiger partial charge in [-0.05, 0) is 32.5 Å². The van der Waals surface area contributed by atoms with E-state index in [0.717, 1.165) is 18.6 Å². The maximum Gasteiger partial charge on any atom is 0.330 e. The van der Waals surface area contributed by atoms with Gasteiger partial charge in [-0.15, -0.1) is 0 Å². The monoisotopic (exact) mass is 417 g/mol. The number of nitrogen functional groups attached to an aromatic ring is 1. The standard InChI is InChI=1S/C21H31N5O4/c1-4-6-12-26-19(22)18(20(28)23-21(26)29)25(5-2)17(27)15-24(3)13-14-30-16-10-8-7-9-11-16/h7-11H,4-6,12-15,22H2,1-3H3,(H,23,28,29). The van der Waals surface area contributed by atoms with Gasteiger partial charge in [0.25, 0.3) is 5.56 Å². The van der Waals surface area contributed by atoms with Gasteiger partial charge in [-0.1, -0.05) is 31.5 Å². The molecule has 1 aromatic carbocycles. The second-order valence-electron chi connectivity index (χ2n) is 7.04. The Morgan fingerprint density at radius 2 is 1.90 bits per heavy atom. The van der Waals surface area contributed by atoms with Gasteiger partial charge in [0.2, 0.25) is 5.91 Å². The van der Waals surface area contributed by atoms with Crippen molar-refractivity contribution in [1.82, 2.24) is 14.5 Å². The van der Waals surface area contributed by atoms with E-state index in [2.05, 4.69) is 4.98 Å². The molecule has 0 spiro atoms. The van der Waals surface area contributed by atoms with Gasteiger partial charge in [0.05, 0.1) is 6.54 Å². The van der Waals surface area contributed by atoms with Gasteiger partial charge in [-0.25, -0.2) is 4.79 Å². The van der Waals surface area contributed by atoms with E-state index in [0.29, 0.717) is 19.7 Å². The molecule has 9 heteroatoms. The number of hydrogen-bond donors (Lipinski definition) is 2. The zero-order chi connectivity index (χ0) is 22.1. The number of benzene rings is 1. The number of likely N-dealkylation sites (N-methyl/N-ethyl adjacent to an activating group) is 2. The summed E-state index contributed by atoms with van der Waals surface area (Å²) < 4.78 is 6.97. The third-order valence-corrected chi connectivity index (χ3v) is 4.73. The average Bonchev–Trinajstić information content (AvgIpc) is 2.71. The van der Waals surface area contributed by atoms with Crippen molar-refractivity contribution in [2.45, 2.75) is 33.2 Å². The SMILES string of the molecule is CCCCn1c(N)c(N(CC)C(=O)CN(C)CCOc2ccccc2)c(=O)[nH]c1=O.